The summed E-state index contributed by atoms with van der Waals surface area (Å²) in [6, 6.07) is 19.4. The van der Waals surface area contributed by atoms with Gasteiger partial charge in [0.1, 0.15) is 0 Å². The Labute approximate surface area is 119 Å². The molecule has 3 heteroatoms. The van der Waals surface area contributed by atoms with Crippen LogP contribution in [0.5, 0.6) is 0 Å². The van der Waals surface area contributed by atoms with Crippen LogP contribution in [0.2, 0.25) is 0 Å². The van der Waals surface area contributed by atoms with Gasteiger partial charge in [-0.25, -0.2) is 4.79 Å². The number of carbonyl (C=O) groups excluding carboxylic acids is 1. The molecule has 0 saturated carbocycles. The van der Waals surface area contributed by atoms with Gasteiger partial charge in [-0.15, -0.1) is 6.58 Å². The summed E-state index contributed by atoms with van der Waals surface area (Å²) in [7, 11) is 0. The fourth-order valence-electron chi connectivity index (χ4n) is 1.91. The van der Waals surface area contributed by atoms with Crippen LogP contribution in [0.25, 0.3) is 0 Å². The summed E-state index contributed by atoms with van der Waals surface area (Å²) in [6.45, 7) is 4.61. The van der Waals surface area contributed by atoms with Crippen molar-refractivity contribution in [1.82, 2.24) is 5.32 Å². The summed E-state index contributed by atoms with van der Waals surface area (Å²) in [5, 5.41) is 2.82. The highest BCUT2D eigenvalue weighted by atomic mass is 16.2. The van der Waals surface area contributed by atoms with Crippen molar-refractivity contribution in [2.45, 2.75) is 6.54 Å². The predicted molar refractivity (Wildman–Crippen MR) is 82.7 cm³/mol. The summed E-state index contributed by atoms with van der Waals surface area (Å²) in [4.78, 5) is 14.0. The molecule has 2 amide bonds. The van der Waals surface area contributed by atoms with Crippen molar-refractivity contribution in [3.63, 3.8) is 0 Å². The first-order valence-electron chi connectivity index (χ1n) is 6.56. The van der Waals surface area contributed by atoms with Crippen molar-refractivity contribution in [3.05, 3.63) is 78.9 Å². The lowest BCUT2D eigenvalue weighted by Crippen LogP contribution is -2.39. The number of para-hydroxylation sites is 1. The Balaban J connectivity index is 2.20. The van der Waals surface area contributed by atoms with E-state index in [0.717, 1.165) is 11.3 Å². The van der Waals surface area contributed by atoms with Gasteiger partial charge in [-0.2, -0.15) is 0 Å². The lowest BCUT2D eigenvalue weighted by molar-refractivity contribution is 0.247. The zero-order valence-electron chi connectivity index (χ0n) is 11.3. The van der Waals surface area contributed by atoms with Gasteiger partial charge in [-0.05, 0) is 17.7 Å². The minimum Gasteiger partial charge on any atom is -0.334 e. The largest absolute Gasteiger partial charge is 0.334 e. The van der Waals surface area contributed by atoms with Crippen LogP contribution in [-0.4, -0.2) is 12.6 Å². The molecule has 0 heterocycles. The first kappa shape index (κ1) is 13.9. The molecule has 0 fully saturated rings. The fraction of sp³-hybridized carbons (Fsp3) is 0.118. The maximum Gasteiger partial charge on any atom is 0.322 e. The van der Waals surface area contributed by atoms with Crippen LogP contribution in [0, 0.1) is 0 Å². The van der Waals surface area contributed by atoms with Gasteiger partial charge < -0.3 is 5.32 Å². The van der Waals surface area contributed by atoms with Crippen LogP contribution >= 0.6 is 0 Å². The molecule has 0 aromatic heterocycles. The van der Waals surface area contributed by atoms with Gasteiger partial charge in [0, 0.05) is 12.2 Å². The SMILES string of the molecule is C=CCNC(=O)N(Cc1ccccc1)c1ccccc1. The van der Waals surface area contributed by atoms with Crippen molar-refractivity contribution in [2.75, 3.05) is 11.4 Å². The summed E-state index contributed by atoms with van der Waals surface area (Å²) in [5.74, 6) is 0. The molecule has 3 nitrogen and oxygen atoms in total. The van der Waals surface area contributed by atoms with Crippen LogP contribution in [0.4, 0.5) is 10.5 Å². The van der Waals surface area contributed by atoms with Gasteiger partial charge in [-0.3, -0.25) is 4.90 Å². The topological polar surface area (TPSA) is 32.3 Å². The van der Waals surface area contributed by atoms with E-state index in [1.807, 2.05) is 60.7 Å². The molecule has 0 aliphatic carbocycles. The Morgan fingerprint density at radius 1 is 1.05 bits per heavy atom. The van der Waals surface area contributed by atoms with Crippen molar-refractivity contribution in [1.29, 1.82) is 0 Å². The highest BCUT2D eigenvalue weighted by Gasteiger charge is 2.14. The predicted octanol–water partition coefficient (Wildman–Crippen LogP) is 3.59. The molecule has 102 valence electrons. The van der Waals surface area contributed by atoms with E-state index in [9.17, 15) is 4.79 Å². The van der Waals surface area contributed by atoms with Gasteiger partial charge in [0.05, 0.1) is 6.54 Å². The normalized spacial score (nSPS) is 9.80. The molecule has 0 bridgehead atoms. The number of benzene rings is 2. The number of nitrogens with zero attached hydrogens (tertiary/aromatic N) is 1. The monoisotopic (exact) mass is 266 g/mol. The number of amides is 2. The van der Waals surface area contributed by atoms with E-state index in [-0.39, 0.29) is 6.03 Å². The Bertz CT molecular complexity index is 552. The van der Waals surface area contributed by atoms with Crippen molar-refractivity contribution in [2.24, 2.45) is 0 Å². The molecule has 1 N–H and O–H groups in total. The molecule has 0 atom stereocenters. The third-order valence-electron chi connectivity index (χ3n) is 2.89. The molecule has 20 heavy (non-hydrogen) atoms. The number of anilines is 1. The molecule has 2 aromatic carbocycles. The molecular formula is C17H18N2O. The van der Waals surface area contributed by atoms with Crippen LogP contribution in [0.3, 0.4) is 0 Å². The van der Waals surface area contributed by atoms with E-state index in [0.29, 0.717) is 13.1 Å². The van der Waals surface area contributed by atoms with Gasteiger partial charge in [0.2, 0.25) is 0 Å². The zero-order chi connectivity index (χ0) is 14.2. The Morgan fingerprint density at radius 2 is 1.65 bits per heavy atom. The van der Waals surface area contributed by atoms with E-state index in [1.165, 1.54) is 0 Å². The maximum atomic E-state index is 12.3. The molecule has 0 spiro atoms. The second kappa shape index (κ2) is 7.14. The van der Waals surface area contributed by atoms with Crippen molar-refractivity contribution >= 4 is 11.7 Å². The number of carbonyl (C=O) groups is 1. The zero-order valence-corrected chi connectivity index (χ0v) is 11.3. The molecule has 0 aliphatic rings. The lowest BCUT2D eigenvalue weighted by atomic mass is 10.2. The average Bonchev–Trinajstić information content (AvgIpc) is 2.52. The highest BCUT2D eigenvalue weighted by molar-refractivity contribution is 5.91. The number of rotatable bonds is 5. The average molecular weight is 266 g/mol. The van der Waals surface area contributed by atoms with Crippen LogP contribution < -0.4 is 10.2 Å². The lowest BCUT2D eigenvalue weighted by Gasteiger charge is -2.23. The first-order chi connectivity index (χ1) is 9.81. The molecular weight excluding hydrogens is 248 g/mol. The van der Waals surface area contributed by atoms with Crippen LogP contribution in [-0.2, 0) is 6.54 Å². The maximum absolute atomic E-state index is 12.3. The third-order valence-corrected chi connectivity index (χ3v) is 2.89. The quantitative estimate of drug-likeness (QED) is 0.824. The Morgan fingerprint density at radius 3 is 2.25 bits per heavy atom. The second-order valence-corrected chi connectivity index (χ2v) is 4.38. The number of urea groups is 1. The smallest absolute Gasteiger partial charge is 0.322 e. The third kappa shape index (κ3) is 3.72. The summed E-state index contributed by atoms with van der Waals surface area (Å²) in [6.07, 6.45) is 1.67. The van der Waals surface area contributed by atoms with Crippen LogP contribution in [0.15, 0.2) is 73.3 Å². The van der Waals surface area contributed by atoms with E-state index in [4.69, 9.17) is 0 Å². The molecule has 0 aliphatic heterocycles. The molecule has 0 radical (unpaired) electrons. The molecule has 2 aromatic rings. The van der Waals surface area contributed by atoms with Crippen molar-refractivity contribution in [3.8, 4) is 0 Å². The van der Waals surface area contributed by atoms with Crippen molar-refractivity contribution < 1.29 is 4.79 Å². The highest BCUT2D eigenvalue weighted by Crippen LogP contribution is 2.16. The van der Waals surface area contributed by atoms with Gasteiger partial charge >= 0.3 is 6.03 Å². The minimum atomic E-state index is -0.125. The summed E-state index contributed by atoms with van der Waals surface area (Å²) in [5.41, 5.74) is 1.96. The van der Waals surface area contributed by atoms with Gasteiger partial charge in [-0.1, -0.05) is 54.6 Å². The summed E-state index contributed by atoms with van der Waals surface area (Å²) >= 11 is 0. The number of hydrogen-bond donors (Lipinski definition) is 1. The molecule has 2 rings (SSSR count). The van der Waals surface area contributed by atoms with E-state index in [2.05, 4.69) is 11.9 Å². The molecule has 0 saturated heterocycles. The number of hydrogen-bond acceptors (Lipinski definition) is 1. The van der Waals surface area contributed by atoms with E-state index in [1.54, 1.807) is 11.0 Å². The van der Waals surface area contributed by atoms with E-state index < -0.39 is 0 Å². The van der Waals surface area contributed by atoms with Crippen LogP contribution in [0.1, 0.15) is 5.56 Å². The Kier molecular flexibility index (Phi) is 4.95. The first-order valence-corrected chi connectivity index (χ1v) is 6.56. The standard InChI is InChI=1S/C17H18N2O/c1-2-13-18-17(20)19(16-11-7-4-8-12-16)14-15-9-5-3-6-10-15/h2-12H,1,13-14H2,(H,18,20). The number of nitrogens with one attached hydrogen (secondary N) is 1. The van der Waals surface area contributed by atoms with E-state index >= 15 is 0 Å². The second-order valence-electron chi connectivity index (χ2n) is 4.38. The van der Waals surface area contributed by atoms with Gasteiger partial charge in [0.15, 0.2) is 0 Å². The minimum absolute atomic E-state index is 0.125. The van der Waals surface area contributed by atoms with Gasteiger partial charge in [0.25, 0.3) is 0 Å². The fourth-order valence-corrected chi connectivity index (χ4v) is 1.91. The Hall–Kier alpha value is -2.55. The summed E-state index contributed by atoms with van der Waals surface area (Å²) < 4.78 is 0. The molecule has 0 unspecified atom stereocenters.